The van der Waals surface area contributed by atoms with Crippen molar-refractivity contribution in [3.63, 3.8) is 0 Å². The molecule has 0 saturated carbocycles. The highest BCUT2D eigenvalue weighted by Gasteiger charge is 2.38. The lowest BCUT2D eigenvalue weighted by molar-refractivity contribution is -0.130. The van der Waals surface area contributed by atoms with E-state index in [2.05, 4.69) is 12.1 Å². The van der Waals surface area contributed by atoms with E-state index in [0.717, 1.165) is 24.6 Å². The van der Waals surface area contributed by atoms with Crippen LogP contribution in [-0.2, 0) is 21.2 Å². The topological polar surface area (TPSA) is 57.7 Å². The molecule has 2 aliphatic rings. The van der Waals surface area contributed by atoms with Gasteiger partial charge in [-0.3, -0.25) is 9.10 Å². The number of sulfonamides is 1. The Bertz CT molecular complexity index is 1230. The van der Waals surface area contributed by atoms with Gasteiger partial charge in [0.2, 0.25) is 5.91 Å². The Morgan fingerprint density at radius 3 is 2.66 bits per heavy atom. The van der Waals surface area contributed by atoms with Crippen LogP contribution in [0.4, 0.5) is 5.69 Å². The van der Waals surface area contributed by atoms with Crippen molar-refractivity contribution >= 4 is 32.4 Å². The Morgan fingerprint density at radius 2 is 1.83 bits per heavy atom. The minimum Gasteiger partial charge on any atom is -0.337 e. The maximum absolute atomic E-state index is 13.2. The summed E-state index contributed by atoms with van der Waals surface area (Å²) in [6.07, 6.45) is 2.93. The number of likely N-dealkylation sites (N-methyl/N-ethyl adjacent to an activating group) is 1. The average molecular weight is 407 g/mol. The number of amides is 1. The molecule has 6 heteroatoms. The predicted octanol–water partition coefficient (Wildman–Crippen LogP) is 3.88. The second-order valence-corrected chi connectivity index (χ2v) is 9.59. The number of anilines is 1. The number of aryl methyl sites for hydroxylation is 1. The highest BCUT2D eigenvalue weighted by Crippen LogP contribution is 2.42. The number of carbonyl (C=O) groups is 1. The van der Waals surface area contributed by atoms with Gasteiger partial charge in [-0.25, -0.2) is 8.42 Å². The zero-order valence-corrected chi connectivity index (χ0v) is 17.0. The minimum absolute atomic E-state index is 0.0177. The van der Waals surface area contributed by atoms with Crippen LogP contribution in [-0.4, -0.2) is 32.8 Å². The molecule has 0 saturated heterocycles. The lowest BCUT2D eigenvalue weighted by Gasteiger charge is -2.34. The fraction of sp³-hybridized carbons (Fsp3) is 0.261. The minimum atomic E-state index is -3.73. The first-order valence-corrected chi connectivity index (χ1v) is 11.3. The molecule has 1 heterocycles. The van der Waals surface area contributed by atoms with Gasteiger partial charge < -0.3 is 4.90 Å². The number of hydrogen-bond donors (Lipinski definition) is 0. The Hall–Kier alpha value is -2.86. The SMILES string of the molecule is CN(C(=O)CN1c2cccc3cccc(c23)S1(=O)=O)[C@@H]1CCCc2ccccc21. The first-order valence-electron chi connectivity index (χ1n) is 9.86. The molecule has 148 valence electrons. The summed E-state index contributed by atoms with van der Waals surface area (Å²) in [6.45, 7) is -0.189. The molecule has 1 aliphatic heterocycles. The van der Waals surface area contributed by atoms with Crippen LogP contribution in [0.15, 0.2) is 65.6 Å². The third-order valence-corrected chi connectivity index (χ3v) is 7.96. The van der Waals surface area contributed by atoms with Gasteiger partial charge in [0.1, 0.15) is 6.54 Å². The smallest absolute Gasteiger partial charge is 0.265 e. The van der Waals surface area contributed by atoms with E-state index in [1.807, 2.05) is 30.3 Å². The third-order valence-electron chi connectivity index (χ3n) is 6.16. The maximum Gasteiger partial charge on any atom is 0.265 e. The molecule has 5 rings (SSSR count). The summed E-state index contributed by atoms with van der Waals surface area (Å²) in [4.78, 5) is 15.2. The largest absolute Gasteiger partial charge is 0.337 e. The molecule has 3 aromatic carbocycles. The van der Waals surface area contributed by atoms with Crippen LogP contribution in [0.3, 0.4) is 0 Å². The normalized spacial score (nSPS) is 19.2. The fourth-order valence-corrected chi connectivity index (χ4v) is 6.33. The molecule has 0 bridgehead atoms. The summed E-state index contributed by atoms with van der Waals surface area (Å²) in [7, 11) is -1.95. The van der Waals surface area contributed by atoms with Gasteiger partial charge in [-0.2, -0.15) is 0 Å². The van der Waals surface area contributed by atoms with Gasteiger partial charge in [0.15, 0.2) is 0 Å². The lowest BCUT2D eigenvalue weighted by Crippen LogP contribution is -2.42. The van der Waals surface area contributed by atoms with Crippen LogP contribution in [0, 0.1) is 0 Å². The van der Waals surface area contributed by atoms with Gasteiger partial charge in [-0.15, -0.1) is 0 Å². The van der Waals surface area contributed by atoms with Gasteiger partial charge >= 0.3 is 0 Å². The molecule has 0 fully saturated rings. The van der Waals surface area contributed by atoms with Crippen molar-refractivity contribution in [2.24, 2.45) is 0 Å². The zero-order chi connectivity index (χ0) is 20.2. The molecule has 1 amide bonds. The Morgan fingerprint density at radius 1 is 1.07 bits per heavy atom. The Balaban J connectivity index is 1.47. The number of nitrogens with zero attached hydrogens (tertiary/aromatic N) is 2. The van der Waals surface area contributed by atoms with Crippen molar-refractivity contribution in [2.75, 3.05) is 17.9 Å². The van der Waals surface area contributed by atoms with Crippen LogP contribution in [0.1, 0.15) is 30.0 Å². The zero-order valence-electron chi connectivity index (χ0n) is 16.2. The molecule has 0 aromatic heterocycles. The van der Waals surface area contributed by atoms with E-state index in [9.17, 15) is 13.2 Å². The van der Waals surface area contributed by atoms with Gasteiger partial charge in [0.25, 0.3) is 10.0 Å². The van der Waals surface area contributed by atoms with Gasteiger partial charge in [-0.1, -0.05) is 48.5 Å². The van der Waals surface area contributed by atoms with Gasteiger partial charge in [0.05, 0.1) is 16.6 Å². The molecular weight excluding hydrogens is 384 g/mol. The highest BCUT2D eigenvalue weighted by atomic mass is 32.2. The van der Waals surface area contributed by atoms with E-state index in [1.165, 1.54) is 15.4 Å². The fourth-order valence-electron chi connectivity index (χ4n) is 4.67. The summed E-state index contributed by atoms with van der Waals surface area (Å²) in [6, 6.07) is 19.0. The van der Waals surface area contributed by atoms with Gasteiger partial charge in [0, 0.05) is 12.4 Å². The number of rotatable bonds is 3. The van der Waals surface area contributed by atoms with E-state index in [0.29, 0.717) is 11.1 Å². The molecule has 5 nitrogen and oxygen atoms in total. The molecule has 1 atom stereocenters. The van der Waals surface area contributed by atoms with Crippen molar-refractivity contribution in [3.05, 3.63) is 71.8 Å². The summed E-state index contributed by atoms with van der Waals surface area (Å²) in [5.41, 5.74) is 3.03. The standard InChI is InChI=1S/C23H22N2O3S/c1-24(19-12-4-8-16-7-2-3-11-18(16)19)22(26)15-25-20-13-5-9-17-10-6-14-21(23(17)20)29(25,27)28/h2-3,5-7,9-11,13-14,19H,4,8,12,15H2,1H3/t19-/m1/s1. The Kier molecular flexibility index (Phi) is 4.13. The number of hydrogen-bond acceptors (Lipinski definition) is 3. The van der Waals surface area contributed by atoms with Crippen molar-refractivity contribution in [3.8, 4) is 0 Å². The predicted molar refractivity (Wildman–Crippen MR) is 113 cm³/mol. The summed E-state index contributed by atoms with van der Waals surface area (Å²) >= 11 is 0. The van der Waals surface area contributed by atoms with Gasteiger partial charge in [-0.05, 0) is 47.9 Å². The molecule has 0 radical (unpaired) electrons. The van der Waals surface area contributed by atoms with E-state index in [-0.39, 0.29) is 23.4 Å². The maximum atomic E-state index is 13.2. The van der Waals surface area contributed by atoms with Crippen molar-refractivity contribution in [1.82, 2.24) is 4.90 Å². The molecular formula is C23H22N2O3S. The van der Waals surface area contributed by atoms with Crippen LogP contribution in [0.5, 0.6) is 0 Å². The molecule has 3 aromatic rings. The molecule has 0 spiro atoms. The first kappa shape index (κ1) is 18.2. The van der Waals surface area contributed by atoms with Crippen molar-refractivity contribution in [2.45, 2.75) is 30.2 Å². The molecule has 29 heavy (non-hydrogen) atoms. The monoisotopic (exact) mass is 406 g/mol. The van der Waals surface area contributed by atoms with E-state index < -0.39 is 10.0 Å². The summed E-state index contributed by atoms with van der Waals surface area (Å²) < 4.78 is 27.6. The highest BCUT2D eigenvalue weighted by molar-refractivity contribution is 7.93. The van der Waals surface area contributed by atoms with E-state index in [4.69, 9.17) is 0 Å². The number of fused-ring (bicyclic) bond motifs is 1. The molecule has 1 aliphatic carbocycles. The second-order valence-electron chi connectivity index (χ2n) is 7.75. The first-order chi connectivity index (χ1) is 14.0. The second kappa shape index (κ2) is 6.59. The van der Waals surface area contributed by atoms with Crippen molar-refractivity contribution < 1.29 is 13.2 Å². The van der Waals surface area contributed by atoms with Crippen LogP contribution in [0.25, 0.3) is 10.8 Å². The summed E-state index contributed by atoms with van der Waals surface area (Å²) in [5, 5.41) is 1.57. The van der Waals surface area contributed by atoms with E-state index >= 15 is 0 Å². The lowest BCUT2D eigenvalue weighted by atomic mass is 9.87. The third kappa shape index (κ3) is 2.74. The van der Waals surface area contributed by atoms with Crippen LogP contribution >= 0.6 is 0 Å². The molecule has 0 unspecified atom stereocenters. The van der Waals surface area contributed by atoms with Crippen LogP contribution < -0.4 is 4.31 Å². The van der Waals surface area contributed by atoms with E-state index in [1.54, 1.807) is 30.1 Å². The average Bonchev–Trinajstić information content (AvgIpc) is 2.96. The Labute approximate surface area is 170 Å². The van der Waals surface area contributed by atoms with Crippen LogP contribution in [0.2, 0.25) is 0 Å². The summed E-state index contributed by atoms with van der Waals surface area (Å²) in [5.74, 6) is -0.194. The number of carbonyl (C=O) groups excluding carboxylic acids is 1. The number of benzene rings is 3. The van der Waals surface area contributed by atoms with Crippen molar-refractivity contribution in [1.29, 1.82) is 0 Å². The molecule has 0 N–H and O–H groups in total. The quantitative estimate of drug-likeness (QED) is 0.663.